The summed E-state index contributed by atoms with van der Waals surface area (Å²) >= 11 is 0. The summed E-state index contributed by atoms with van der Waals surface area (Å²) in [5.74, 6) is -2.86. The third-order valence-electron chi connectivity index (χ3n) is 1.04. The van der Waals surface area contributed by atoms with Gasteiger partial charge in [0.1, 0.15) is 5.57 Å². The molecule has 0 aromatic carbocycles. The van der Waals surface area contributed by atoms with Crippen molar-refractivity contribution in [3.63, 3.8) is 0 Å². The molecule has 12 heavy (non-hydrogen) atoms. The molecule has 0 heterocycles. The number of hydrogen-bond acceptors (Lipinski definition) is 2. The maximum Gasteiger partial charge on any atom is 0.343 e. The van der Waals surface area contributed by atoms with Crippen molar-refractivity contribution in [2.24, 2.45) is 0 Å². The molecule has 0 radical (unpaired) electrons. The van der Waals surface area contributed by atoms with Crippen LogP contribution in [0, 0.1) is 0 Å². The molecular formula is C8H10O4. The van der Waals surface area contributed by atoms with E-state index >= 15 is 0 Å². The maximum atomic E-state index is 10.3. The van der Waals surface area contributed by atoms with Gasteiger partial charge in [-0.2, -0.15) is 0 Å². The molecule has 4 heteroatoms. The van der Waals surface area contributed by atoms with Gasteiger partial charge in [-0.1, -0.05) is 11.6 Å². The van der Waals surface area contributed by atoms with Crippen LogP contribution in [-0.2, 0) is 9.59 Å². The van der Waals surface area contributed by atoms with E-state index in [-0.39, 0.29) is 0 Å². The first kappa shape index (κ1) is 10.4. The number of rotatable bonds is 3. The fraction of sp³-hybridized carbons (Fsp3) is 0.250. The highest BCUT2D eigenvalue weighted by Crippen LogP contribution is 1.98. The molecule has 2 N–H and O–H groups in total. The van der Waals surface area contributed by atoms with Gasteiger partial charge < -0.3 is 10.2 Å². The lowest BCUT2D eigenvalue weighted by Crippen LogP contribution is -2.10. The van der Waals surface area contributed by atoms with E-state index in [2.05, 4.69) is 0 Å². The average molecular weight is 170 g/mol. The Balaban J connectivity index is 4.75. The van der Waals surface area contributed by atoms with Crippen molar-refractivity contribution in [3.8, 4) is 0 Å². The van der Waals surface area contributed by atoms with Gasteiger partial charge in [0.25, 0.3) is 0 Å². The summed E-state index contributed by atoms with van der Waals surface area (Å²) in [6.45, 7) is 3.50. The molecule has 0 fully saturated rings. The molecule has 0 bridgehead atoms. The molecule has 0 aliphatic carbocycles. The Labute approximate surface area is 69.8 Å². The largest absolute Gasteiger partial charge is 0.477 e. The molecule has 0 unspecified atom stereocenters. The van der Waals surface area contributed by atoms with Gasteiger partial charge in [-0.3, -0.25) is 0 Å². The van der Waals surface area contributed by atoms with Gasteiger partial charge in [-0.05, 0) is 19.9 Å². The van der Waals surface area contributed by atoms with Crippen molar-refractivity contribution in [1.29, 1.82) is 0 Å². The summed E-state index contributed by atoms with van der Waals surface area (Å²) in [5, 5.41) is 16.8. The maximum absolute atomic E-state index is 10.3. The molecule has 0 spiro atoms. The summed E-state index contributed by atoms with van der Waals surface area (Å²) in [4.78, 5) is 20.6. The van der Waals surface area contributed by atoms with E-state index in [9.17, 15) is 9.59 Å². The molecule has 0 aliphatic rings. The van der Waals surface area contributed by atoms with Crippen molar-refractivity contribution in [2.75, 3.05) is 0 Å². The molecule has 0 rings (SSSR count). The van der Waals surface area contributed by atoms with Gasteiger partial charge in [0.15, 0.2) is 0 Å². The van der Waals surface area contributed by atoms with E-state index in [4.69, 9.17) is 10.2 Å². The topological polar surface area (TPSA) is 74.6 Å². The standard InChI is InChI=1S/C8H10O4/c1-5(2)3-4-6(7(9)10)8(11)12/h3-4H,1-2H3,(H,9,10)(H,11,12). The summed E-state index contributed by atoms with van der Waals surface area (Å²) < 4.78 is 0. The minimum absolute atomic E-state index is 0.629. The van der Waals surface area contributed by atoms with E-state index in [1.54, 1.807) is 13.8 Å². The van der Waals surface area contributed by atoms with Gasteiger partial charge in [0.05, 0.1) is 0 Å². The molecule has 0 saturated carbocycles. The Bertz CT molecular complexity index is 240. The Kier molecular flexibility index (Phi) is 3.76. The zero-order valence-corrected chi connectivity index (χ0v) is 6.87. The zero-order valence-electron chi connectivity index (χ0n) is 6.87. The van der Waals surface area contributed by atoms with Crippen LogP contribution in [0.25, 0.3) is 0 Å². The number of carbonyl (C=O) groups is 2. The summed E-state index contributed by atoms with van der Waals surface area (Å²) in [6, 6.07) is 0. The van der Waals surface area contributed by atoms with Gasteiger partial charge in [0, 0.05) is 0 Å². The molecule has 0 aliphatic heterocycles. The highest BCUT2D eigenvalue weighted by atomic mass is 16.4. The summed E-state index contributed by atoms with van der Waals surface area (Å²) in [5.41, 5.74) is 0.214. The third-order valence-corrected chi connectivity index (χ3v) is 1.04. The predicted molar refractivity (Wildman–Crippen MR) is 42.8 cm³/mol. The predicted octanol–water partition coefficient (Wildman–Crippen LogP) is 1.05. The molecule has 0 aromatic heterocycles. The highest BCUT2D eigenvalue weighted by Gasteiger charge is 2.13. The number of hydrogen-bond donors (Lipinski definition) is 2. The van der Waals surface area contributed by atoms with Crippen molar-refractivity contribution in [3.05, 3.63) is 23.3 Å². The quantitative estimate of drug-likeness (QED) is 0.287. The minimum Gasteiger partial charge on any atom is -0.477 e. The van der Waals surface area contributed by atoms with Crippen molar-refractivity contribution < 1.29 is 19.8 Å². The van der Waals surface area contributed by atoms with E-state index in [1.165, 1.54) is 6.08 Å². The molecule has 0 saturated heterocycles. The Hall–Kier alpha value is -1.58. The fourth-order valence-electron chi connectivity index (χ4n) is 0.484. The second kappa shape index (κ2) is 4.33. The van der Waals surface area contributed by atoms with Gasteiger partial charge in [-0.25, -0.2) is 9.59 Å². The smallest absolute Gasteiger partial charge is 0.343 e. The van der Waals surface area contributed by atoms with E-state index in [0.29, 0.717) is 0 Å². The fourth-order valence-corrected chi connectivity index (χ4v) is 0.484. The lowest BCUT2D eigenvalue weighted by atomic mass is 10.2. The average Bonchev–Trinajstić information content (AvgIpc) is 1.84. The number of aliphatic carboxylic acids is 2. The van der Waals surface area contributed by atoms with Crippen molar-refractivity contribution in [1.82, 2.24) is 0 Å². The molecule has 4 nitrogen and oxygen atoms in total. The van der Waals surface area contributed by atoms with Crippen LogP contribution >= 0.6 is 0 Å². The van der Waals surface area contributed by atoms with E-state index in [0.717, 1.165) is 11.6 Å². The Morgan fingerprint density at radius 3 is 1.67 bits per heavy atom. The molecule has 66 valence electrons. The van der Waals surface area contributed by atoms with Crippen LogP contribution in [-0.4, -0.2) is 22.2 Å². The van der Waals surface area contributed by atoms with Crippen LogP contribution in [0.1, 0.15) is 13.8 Å². The Morgan fingerprint density at radius 1 is 1.00 bits per heavy atom. The monoisotopic (exact) mass is 170 g/mol. The van der Waals surface area contributed by atoms with E-state index < -0.39 is 17.5 Å². The van der Waals surface area contributed by atoms with Crippen LogP contribution in [0.5, 0.6) is 0 Å². The summed E-state index contributed by atoms with van der Waals surface area (Å²) in [6.07, 6.45) is 2.51. The lowest BCUT2D eigenvalue weighted by molar-refractivity contribution is -0.140. The number of allylic oxidation sites excluding steroid dienone is 3. The second-order valence-electron chi connectivity index (χ2n) is 2.43. The first-order valence-corrected chi connectivity index (χ1v) is 3.27. The summed E-state index contributed by atoms with van der Waals surface area (Å²) in [7, 11) is 0. The van der Waals surface area contributed by atoms with Crippen LogP contribution < -0.4 is 0 Å². The van der Waals surface area contributed by atoms with Crippen LogP contribution in [0.4, 0.5) is 0 Å². The molecule has 0 atom stereocenters. The van der Waals surface area contributed by atoms with Crippen molar-refractivity contribution in [2.45, 2.75) is 13.8 Å². The van der Waals surface area contributed by atoms with Gasteiger partial charge >= 0.3 is 11.9 Å². The minimum atomic E-state index is -1.43. The van der Waals surface area contributed by atoms with Gasteiger partial charge in [0.2, 0.25) is 0 Å². The lowest BCUT2D eigenvalue weighted by Gasteiger charge is -1.91. The zero-order chi connectivity index (χ0) is 9.72. The normalized spacial score (nSPS) is 8.50. The number of carboxylic acid groups (broad SMARTS) is 2. The molecule has 0 amide bonds. The second-order valence-corrected chi connectivity index (χ2v) is 2.43. The highest BCUT2D eigenvalue weighted by molar-refractivity contribution is 6.12. The third kappa shape index (κ3) is 3.55. The van der Waals surface area contributed by atoms with E-state index in [1.807, 2.05) is 0 Å². The molecule has 0 aromatic rings. The Morgan fingerprint density at radius 2 is 1.42 bits per heavy atom. The first-order chi connectivity index (χ1) is 5.45. The van der Waals surface area contributed by atoms with Crippen molar-refractivity contribution >= 4 is 11.9 Å². The molecular weight excluding hydrogens is 160 g/mol. The first-order valence-electron chi connectivity index (χ1n) is 3.27. The SMILES string of the molecule is CC(C)=CC=C(C(=O)O)C(=O)O. The van der Waals surface area contributed by atoms with Crippen LogP contribution in [0.2, 0.25) is 0 Å². The number of carboxylic acids is 2. The van der Waals surface area contributed by atoms with Crippen LogP contribution in [0.3, 0.4) is 0 Å². The van der Waals surface area contributed by atoms with Gasteiger partial charge in [-0.15, -0.1) is 0 Å². The van der Waals surface area contributed by atoms with Crippen LogP contribution in [0.15, 0.2) is 23.3 Å².